The number of rotatable bonds is 10. The molecule has 1 atom stereocenters. The fourth-order valence-corrected chi connectivity index (χ4v) is 2.65. The minimum Gasteiger partial charge on any atom is -0.481 e. The summed E-state index contributed by atoms with van der Waals surface area (Å²) in [5.41, 5.74) is 1.15. The van der Waals surface area contributed by atoms with E-state index in [1.54, 1.807) is 36.4 Å². The van der Waals surface area contributed by atoms with Crippen molar-refractivity contribution in [1.82, 2.24) is 5.32 Å². The van der Waals surface area contributed by atoms with Crippen LogP contribution in [0.25, 0.3) is 0 Å². The van der Waals surface area contributed by atoms with Crippen LogP contribution in [0.5, 0.6) is 0 Å². The van der Waals surface area contributed by atoms with E-state index in [1.165, 1.54) is 0 Å². The molecule has 0 radical (unpaired) electrons. The topological polar surface area (TPSA) is 95.5 Å². The third kappa shape index (κ3) is 7.32. The van der Waals surface area contributed by atoms with Gasteiger partial charge in [-0.25, -0.2) is 0 Å². The van der Waals surface area contributed by atoms with Gasteiger partial charge in [0.2, 0.25) is 5.91 Å². The van der Waals surface area contributed by atoms with E-state index in [0.717, 1.165) is 0 Å². The van der Waals surface area contributed by atoms with Crippen LogP contribution < -0.4 is 10.6 Å². The minimum atomic E-state index is -0.828. The Hall–Kier alpha value is -3.15. The maximum absolute atomic E-state index is 12.6. The standard InChI is InChI=1S/C21H24N2O4/c24-19(25)15-9-3-8-14-18(21(27)22-17-12-6-2-7-13-17)23-20(26)16-10-4-1-5-11-16/h1-2,4-7,10-13,18H,3,8-9,14-15H2,(H,22,27)(H,23,26)(H,24,25). The average Bonchev–Trinajstić information content (AvgIpc) is 2.68. The predicted molar refractivity (Wildman–Crippen MR) is 103 cm³/mol. The van der Waals surface area contributed by atoms with E-state index in [1.807, 2.05) is 24.3 Å². The Morgan fingerprint density at radius 1 is 0.852 bits per heavy atom. The zero-order valence-electron chi connectivity index (χ0n) is 15.1. The lowest BCUT2D eigenvalue weighted by atomic mass is 10.1. The van der Waals surface area contributed by atoms with Gasteiger partial charge in [0.15, 0.2) is 0 Å². The zero-order valence-corrected chi connectivity index (χ0v) is 15.1. The number of anilines is 1. The lowest BCUT2D eigenvalue weighted by molar-refractivity contribution is -0.137. The van der Waals surface area contributed by atoms with Crippen LogP contribution in [-0.2, 0) is 9.59 Å². The summed E-state index contributed by atoms with van der Waals surface area (Å²) in [7, 11) is 0. The maximum Gasteiger partial charge on any atom is 0.303 e. The molecule has 0 saturated heterocycles. The molecule has 6 heteroatoms. The van der Waals surface area contributed by atoms with Crippen molar-refractivity contribution in [1.29, 1.82) is 0 Å². The van der Waals surface area contributed by atoms with Crippen molar-refractivity contribution in [2.75, 3.05) is 5.32 Å². The van der Waals surface area contributed by atoms with Crippen LogP contribution in [0.3, 0.4) is 0 Å². The first-order valence-electron chi connectivity index (χ1n) is 9.00. The van der Waals surface area contributed by atoms with Gasteiger partial charge in [0.05, 0.1) is 0 Å². The highest BCUT2D eigenvalue weighted by Gasteiger charge is 2.21. The molecular formula is C21H24N2O4. The lowest BCUT2D eigenvalue weighted by Crippen LogP contribution is -2.43. The van der Waals surface area contributed by atoms with Crippen molar-refractivity contribution in [3.05, 3.63) is 66.2 Å². The number of benzene rings is 2. The molecule has 0 aliphatic carbocycles. The van der Waals surface area contributed by atoms with Crippen molar-refractivity contribution in [2.45, 2.75) is 38.1 Å². The Balaban J connectivity index is 1.97. The molecule has 1 unspecified atom stereocenters. The first kappa shape index (κ1) is 20.2. The summed E-state index contributed by atoms with van der Waals surface area (Å²) < 4.78 is 0. The Labute approximate surface area is 158 Å². The molecule has 3 N–H and O–H groups in total. The Morgan fingerprint density at radius 3 is 2.11 bits per heavy atom. The summed E-state index contributed by atoms with van der Waals surface area (Å²) >= 11 is 0. The number of unbranched alkanes of at least 4 members (excludes halogenated alkanes) is 2. The number of carbonyl (C=O) groups excluding carboxylic acids is 2. The smallest absolute Gasteiger partial charge is 0.303 e. The minimum absolute atomic E-state index is 0.108. The summed E-state index contributed by atoms with van der Waals surface area (Å²) in [6, 6.07) is 17.1. The third-order valence-electron chi connectivity index (χ3n) is 4.08. The summed E-state index contributed by atoms with van der Waals surface area (Å²) in [6.07, 6.45) is 2.43. The number of amides is 2. The summed E-state index contributed by atoms with van der Waals surface area (Å²) in [5, 5.41) is 14.3. The van der Waals surface area contributed by atoms with Gasteiger partial charge in [-0.05, 0) is 37.1 Å². The summed E-state index contributed by atoms with van der Waals surface area (Å²) in [5.74, 6) is -1.43. The normalized spacial score (nSPS) is 11.4. The SMILES string of the molecule is O=C(O)CCCCCC(NC(=O)c1ccccc1)C(=O)Nc1ccccc1. The van der Waals surface area contributed by atoms with Crippen molar-refractivity contribution < 1.29 is 19.5 Å². The number of hydrogen-bond donors (Lipinski definition) is 3. The molecule has 0 aliphatic rings. The molecule has 6 nitrogen and oxygen atoms in total. The number of carboxylic acid groups (broad SMARTS) is 1. The molecule has 142 valence electrons. The fourth-order valence-electron chi connectivity index (χ4n) is 2.65. The first-order chi connectivity index (χ1) is 13.1. The highest BCUT2D eigenvalue weighted by Crippen LogP contribution is 2.11. The predicted octanol–water partition coefficient (Wildman–Crippen LogP) is 3.46. The number of hydrogen-bond acceptors (Lipinski definition) is 3. The van der Waals surface area contributed by atoms with E-state index >= 15 is 0 Å². The average molecular weight is 368 g/mol. The lowest BCUT2D eigenvalue weighted by Gasteiger charge is -2.18. The number of nitrogens with one attached hydrogen (secondary N) is 2. The molecule has 2 rings (SSSR count). The van der Waals surface area contributed by atoms with Crippen molar-refractivity contribution in [2.24, 2.45) is 0 Å². The van der Waals surface area contributed by atoms with Crippen LogP contribution >= 0.6 is 0 Å². The molecule has 0 aromatic heterocycles. The fraction of sp³-hybridized carbons (Fsp3) is 0.286. The summed E-state index contributed by atoms with van der Waals surface area (Å²) in [4.78, 5) is 35.6. The van der Waals surface area contributed by atoms with E-state index in [0.29, 0.717) is 36.9 Å². The van der Waals surface area contributed by atoms with Gasteiger partial charge >= 0.3 is 5.97 Å². The molecule has 2 aromatic carbocycles. The van der Waals surface area contributed by atoms with Crippen molar-refractivity contribution >= 4 is 23.5 Å². The number of carboxylic acids is 1. The molecule has 0 bridgehead atoms. The number of aliphatic carboxylic acids is 1. The van der Waals surface area contributed by atoms with Gasteiger partial charge in [0.1, 0.15) is 6.04 Å². The monoisotopic (exact) mass is 368 g/mol. The molecule has 27 heavy (non-hydrogen) atoms. The van der Waals surface area contributed by atoms with Crippen LogP contribution in [0, 0.1) is 0 Å². The van der Waals surface area contributed by atoms with Gasteiger partial charge < -0.3 is 15.7 Å². The van der Waals surface area contributed by atoms with Gasteiger partial charge in [0.25, 0.3) is 5.91 Å². The largest absolute Gasteiger partial charge is 0.481 e. The van der Waals surface area contributed by atoms with E-state index in [-0.39, 0.29) is 18.2 Å². The van der Waals surface area contributed by atoms with E-state index in [2.05, 4.69) is 10.6 Å². The molecule has 2 aromatic rings. The van der Waals surface area contributed by atoms with Crippen molar-refractivity contribution in [3.8, 4) is 0 Å². The zero-order chi connectivity index (χ0) is 19.5. The van der Waals surface area contributed by atoms with Crippen LogP contribution in [0.4, 0.5) is 5.69 Å². The van der Waals surface area contributed by atoms with E-state index in [4.69, 9.17) is 5.11 Å². The van der Waals surface area contributed by atoms with Crippen LogP contribution in [0.15, 0.2) is 60.7 Å². The summed E-state index contributed by atoms with van der Waals surface area (Å²) in [6.45, 7) is 0. The molecule has 0 aliphatic heterocycles. The van der Waals surface area contributed by atoms with E-state index in [9.17, 15) is 14.4 Å². The highest BCUT2D eigenvalue weighted by molar-refractivity contribution is 6.01. The second-order valence-electron chi connectivity index (χ2n) is 6.24. The second-order valence-corrected chi connectivity index (χ2v) is 6.24. The highest BCUT2D eigenvalue weighted by atomic mass is 16.4. The first-order valence-corrected chi connectivity index (χ1v) is 9.00. The van der Waals surface area contributed by atoms with Crippen LogP contribution in [0.1, 0.15) is 42.5 Å². The Kier molecular flexibility index (Phi) is 8.03. The van der Waals surface area contributed by atoms with Gasteiger partial charge in [-0.15, -0.1) is 0 Å². The number of carbonyl (C=O) groups is 3. The molecule has 0 fully saturated rings. The van der Waals surface area contributed by atoms with Gasteiger partial charge in [-0.2, -0.15) is 0 Å². The third-order valence-corrected chi connectivity index (χ3v) is 4.08. The quantitative estimate of drug-likeness (QED) is 0.560. The van der Waals surface area contributed by atoms with E-state index < -0.39 is 12.0 Å². The van der Waals surface area contributed by atoms with Gasteiger partial charge in [0, 0.05) is 17.7 Å². The van der Waals surface area contributed by atoms with Crippen LogP contribution in [-0.4, -0.2) is 28.9 Å². The Morgan fingerprint density at radius 2 is 1.48 bits per heavy atom. The van der Waals surface area contributed by atoms with Gasteiger partial charge in [-0.1, -0.05) is 49.2 Å². The van der Waals surface area contributed by atoms with Crippen molar-refractivity contribution in [3.63, 3.8) is 0 Å². The molecule has 0 saturated carbocycles. The molecular weight excluding hydrogens is 344 g/mol. The van der Waals surface area contributed by atoms with Crippen LogP contribution in [0.2, 0.25) is 0 Å². The second kappa shape index (κ2) is 10.8. The molecule has 0 heterocycles. The number of para-hydroxylation sites is 1. The maximum atomic E-state index is 12.6. The molecule has 2 amide bonds. The Bertz CT molecular complexity index is 747. The van der Waals surface area contributed by atoms with Gasteiger partial charge in [-0.3, -0.25) is 14.4 Å². The molecule has 0 spiro atoms.